The van der Waals surface area contributed by atoms with Gasteiger partial charge >= 0.3 is 0 Å². The molecule has 0 aliphatic rings. The molecule has 0 bridgehead atoms. The molecule has 4 aromatic rings. The number of nitrogens with two attached hydrogens (primary N) is 1. The minimum atomic E-state index is -0.452. The SMILES string of the molecule is Cc1ccc(Nc2nc(Cc3nnc(SCC(N)=O)n3-c3ccc(F)cc3)cs2)cc1. The molecule has 1 amide bonds. The van der Waals surface area contributed by atoms with Crippen molar-refractivity contribution < 1.29 is 9.18 Å². The Morgan fingerprint density at radius 1 is 1.16 bits per heavy atom. The third kappa shape index (κ3) is 5.28. The van der Waals surface area contributed by atoms with Crippen molar-refractivity contribution in [2.45, 2.75) is 18.5 Å². The molecule has 0 aliphatic heterocycles. The van der Waals surface area contributed by atoms with Gasteiger partial charge < -0.3 is 11.1 Å². The van der Waals surface area contributed by atoms with Gasteiger partial charge in [0, 0.05) is 16.8 Å². The van der Waals surface area contributed by atoms with Crippen molar-refractivity contribution in [3.8, 4) is 5.69 Å². The Hall–Kier alpha value is -3.24. The number of thioether (sulfide) groups is 1. The predicted molar refractivity (Wildman–Crippen MR) is 121 cm³/mol. The maximum Gasteiger partial charge on any atom is 0.227 e. The van der Waals surface area contributed by atoms with E-state index >= 15 is 0 Å². The lowest BCUT2D eigenvalue weighted by atomic mass is 10.2. The lowest BCUT2D eigenvalue weighted by Gasteiger charge is -2.09. The minimum absolute atomic E-state index is 0.0701. The molecule has 0 fully saturated rings. The van der Waals surface area contributed by atoms with Gasteiger partial charge in [-0.25, -0.2) is 9.37 Å². The van der Waals surface area contributed by atoms with Crippen molar-refractivity contribution >= 4 is 39.8 Å². The number of carbonyl (C=O) groups is 1. The highest BCUT2D eigenvalue weighted by molar-refractivity contribution is 7.99. The maximum atomic E-state index is 13.4. The van der Waals surface area contributed by atoms with Crippen molar-refractivity contribution in [3.05, 3.63) is 76.8 Å². The number of nitrogens with zero attached hydrogens (tertiary/aromatic N) is 4. The van der Waals surface area contributed by atoms with Gasteiger partial charge in [-0.15, -0.1) is 21.5 Å². The van der Waals surface area contributed by atoms with Crippen LogP contribution in [-0.2, 0) is 11.2 Å². The fourth-order valence-corrected chi connectivity index (χ4v) is 4.30. The second kappa shape index (κ2) is 9.27. The normalized spacial score (nSPS) is 10.9. The molecule has 7 nitrogen and oxygen atoms in total. The standard InChI is InChI=1S/C21H19FN6OS2/c1-13-2-6-15(7-3-13)24-20-25-16(11-30-20)10-19-26-27-21(31-12-18(23)29)28(19)17-8-4-14(22)5-9-17/h2-9,11H,10,12H2,1H3,(H2,23,29)(H,24,25). The fraction of sp³-hybridized carbons (Fsp3) is 0.143. The molecule has 0 aliphatic carbocycles. The van der Waals surface area contributed by atoms with Crippen LogP contribution in [0, 0.1) is 12.7 Å². The topological polar surface area (TPSA) is 98.7 Å². The summed E-state index contributed by atoms with van der Waals surface area (Å²) in [6.45, 7) is 2.04. The van der Waals surface area contributed by atoms with E-state index in [4.69, 9.17) is 5.73 Å². The third-order valence-electron chi connectivity index (χ3n) is 4.32. The number of aryl methyl sites for hydroxylation is 1. The first-order valence-corrected chi connectivity index (χ1v) is 11.2. The lowest BCUT2D eigenvalue weighted by Crippen LogP contribution is -2.14. The van der Waals surface area contributed by atoms with Crippen LogP contribution < -0.4 is 11.1 Å². The Labute approximate surface area is 186 Å². The number of halogens is 1. The molecule has 3 N–H and O–H groups in total. The zero-order chi connectivity index (χ0) is 21.8. The lowest BCUT2D eigenvalue weighted by molar-refractivity contribution is -0.115. The molecule has 2 heterocycles. The van der Waals surface area contributed by atoms with Crippen LogP contribution in [0.25, 0.3) is 5.69 Å². The molecule has 0 unspecified atom stereocenters. The summed E-state index contributed by atoms with van der Waals surface area (Å²) >= 11 is 2.68. The van der Waals surface area contributed by atoms with Gasteiger partial charge in [-0.2, -0.15) is 0 Å². The highest BCUT2D eigenvalue weighted by Gasteiger charge is 2.17. The van der Waals surface area contributed by atoms with Gasteiger partial charge in [0.05, 0.1) is 17.9 Å². The number of carbonyl (C=O) groups excluding carboxylic acids is 1. The maximum absolute atomic E-state index is 13.4. The molecule has 31 heavy (non-hydrogen) atoms. The number of benzene rings is 2. The van der Waals surface area contributed by atoms with Crippen molar-refractivity contribution in [1.82, 2.24) is 19.7 Å². The van der Waals surface area contributed by atoms with Crippen LogP contribution in [0.4, 0.5) is 15.2 Å². The zero-order valence-electron chi connectivity index (χ0n) is 16.6. The summed E-state index contributed by atoms with van der Waals surface area (Å²) in [6, 6.07) is 14.1. The first-order valence-electron chi connectivity index (χ1n) is 9.37. The average Bonchev–Trinajstić information content (AvgIpc) is 3.36. The number of amides is 1. The Morgan fingerprint density at radius 2 is 1.90 bits per heavy atom. The molecule has 0 saturated carbocycles. The van der Waals surface area contributed by atoms with E-state index < -0.39 is 5.91 Å². The number of hydrogen-bond acceptors (Lipinski definition) is 7. The number of nitrogens with one attached hydrogen (secondary N) is 1. The van der Waals surface area contributed by atoms with E-state index in [1.165, 1.54) is 40.8 Å². The van der Waals surface area contributed by atoms with E-state index in [9.17, 15) is 9.18 Å². The summed E-state index contributed by atoms with van der Waals surface area (Å²) in [6.07, 6.45) is 0.424. The van der Waals surface area contributed by atoms with E-state index in [0.29, 0.717) is 23.1 Å². The molecule has 2 aromatic heterocycles. The van der Waals surface area contributed by atoms with Gasteiger partial charge in [-0.05, 0) is 43.3 Å². The van der Waals surface area contributed by atoms with E-state index in [1.54, 1.807) is 16.7 Å². The van der Waals surface area contributed by atoms with Gasteiger partial charge in [0.1, 0.15) is 11.6 Å². The molecular weight excluding hydrogens is 435 g/mol. The highest BCUT2D eigenvalue weighted by atomic mass is 32.2. The van der Waals surface area contributed by atoms with Gasteiger partial charge in [0.2, 0.25) is 5.91 Å². The van der Waals surface area contributed by atoms with E-state index in [2.05, 4.69) is 20.5 Å². The van der Waals surface area contributed by atoms with Crippen molar-refractivity contribution in [2.75, 3.05) is 11.1 Å². The number of thiazole rings is 1. The van der Waals surface area contributed by atoms with Crippen molar-refractivity contribution in [3.63, 3.8) is 0 Å². The summed E-state index contributed by atoms with van der Waals surface area (Å²) < 4.78 is 15.2. The second-order valence-corrected chi connectivity index (χ2v) is 8.58. The van der Waals surface area contributed by atoms with Crippen molar-refractivity contribution in [1.29, 1.82) is 0 Å². The van der Waals surface area contributed by atoms with Gasteiger partial charge in [0.25, 0.3) is 0 Å². The van der Waals surface area contributed by atoms with Gasteiger partial charge in [-0.3, -0.25) is 9.36 Å². The van der Waals surface area contributed by atoms with Crippen LogP contribution >= 0.6 is 23.1 Å². The molecular formula is C21H19FN6OS2. The van der Waals surface area contributed by atoms with Gasteiger partial charge in [-0.1, -0.05) is 29.5 Å². The molecule has 0 spiro atoms. The van der Waals surface area contributed by atoms with Crippen molar-refractivity contribution in [2.24, 2.45) is 5.73 Å². The van der Waals surface area contributed by atoms with E-state index in [0.717, 1.165) is 16.5 Å². The fourth-order valence-electron chi connectivity index (χ4n) is 2.86. The van der Waals surface area contributed by atoms with E-state index in [1.807, 2.05) is 36.6 Å². The van der Waals surface area contributed by atoms with Crippen LogP contribution in [0.15, 0.2) is 59.1 Å². The summed E-state index contributed by atoms with van der Waals surface area (Å²) in [4.78, 5) is 15.9. The number of hydrogen-bond donors (Lipinski definition) is 2. The highest BCUT2D eigenvalue weighted by Crippen LogP contribution is 2.26. The van der Waals surface area contributed by atoms with Gasteiger partial charge in [0.15, 0.2) is 10.3 Å². The summed E-state index contributed by atoms with van der Waals surface area (Å²) in [7, 11) is 0. The summed E-state index contributed by atoms with van der Waals surface area (Å²) in [5.74, 6) is -0.0889. The molecule has 0 radical (unpaired) electrons. The van der Waals surface area contributed by atoms with Crippen LogP contribution in [0.2, 0.25) is 0 Å². The average molecular weight is 455 g/mol. The first kappa shape index (κ1) is 21.0. The smallest absolute Gasteiger partial charge is 0.227 e. The monoisotopic (exact) mass is 454 g/mol. The zero-order valence-corrected chi connectivity index (χ0v) is 18.2. The molecule has 2 aromatic carbocycles. The minimum Gasteiger partial charge on any atom is -0.369 e. The number of aromatic nitrogens is 4. The Kier molecular flexibility index (Phi) is 6.28. The number of anilines is 2. The molecule has 10 heteroatoms. The molecule has 4 rings (SSSR count). The quantitative estimate of drug-likeness (QED) is 0.389. The molecule has 0 atom stereocenters. The largest absolute Gasteiger partial charge is 0.369 e. The molecule has 0 saturated heterocycles. The van der Waals surface area contributed by atoms with Crippen LogP contribution in [0.3, 0.4) is 0 Å². The Bertz CT molecular complexity index is 1190. The Balaban J connectivity index is 1.58. The van der Waals surface area contributed by atoms with E-state index in [-0.39, 0.29) is 11.6 Å². The summed E-state index contributed by atoms with van der Waals surface area (Å²) in [5, 5.41) is 15.0. The second-order valence-electron chi connectivity index (χ2n) is 6.78. The predicted octanol–water partition coefficient (Wildman–Crippen LogP) is 4.08. The van der Waals surface area contributed by atoms with Crippen LogP contribution in [-0.4, -0.2) is 31.4 Å². The molecule has 158 valence electrons. The first-order chi connectivity index (χ1) is 15.0. The van der Waals surface area contributed by atoms with Crippen LogP contribution in [0.1, 0.15) is 17.1 Å². The number of primary amides is 1. The summed E-state index contributed by atoms with van der Waals surface area (Å²) in [5.41, 5.74) is 8.94. The number of rotatable bonds is 8. The Morgan fingerprint density at radius 3 is 2.61 bits per heavy atom. The third-order valence-corrected chi connectivity index (χ3v) is 6.08. The van der Waals surface area contributed by atoms with Crippen LogP contribution in [0.5, 0.6) is 0 Å².